The molecule has 0 aromatic carbocycles. The van der Waals surface area contributed by atoms with Gasteiger partial charge >= 0.3 is 0 Å². The van der Waals surface area contributed by atoms with Crippen LogP contribution in [0.4, 0.5) is 0 Å². The quantitative estimate of drug-likeness (QED) is 0.933. The fraction of sp³-hybridized carbons (Fsp3) is 0.455. The molecule has 1 unspecified atom stereocenters. The van der Waals surface area contributed by atoms with Gasteiger partial charge in [-0.15, -0.1) is 11.3 Å². The number of thiazole rings is 1. The van der Waals surface area contributed by atoms with Gasteiger partial charge in [-0.05, 0) is 20.8 Å². The van der Waals surface area contributed by atoms with Gasteiger partial charge in [-0.3, -0.25) is 4.68 Å². The molecule has 2 N–H and O–H groups in total. The van der Waals surface area contributed by atoms with Crippen molar-refractivity contribution in [1.29, 1.82) is 0 Å². The predicted octanol–water partition coefficient (Wildman–Crippen LogP) is 2.93. The van der Waals surface area contributed by atoms with Crippen LogP contribution in [0, 0.1) is 6.92 Å². The molecule has 17 heavy (non-hydrogen) atoms. The molecule has 0 aliphatic carbocycles. The molecule has 2 aromatic heterocycles. The summed E-state index contributed by atoms with van der Waals surface area (Å²) in [7, 11) is 0. The number of hydrogen-bond donors (Lipinski definition) is 1. The molecule has 0 bridgehead atoms. The molecule has 2 heterocycles. The third-order valence-corrected chi connectivity index (χ3v) is 3.80. The van der Waals surface area contributed by atoms with Gasteiger partial charge in [-0.2, -0.15) is 5.10 Å². The highest BCUT2D eigenvalue weighted by molar-refractivity contribution is 7.11. The van der Waals surface area contributed by atoms with E-state index in [1.165, 1.54) is 0 Å². The van der Waals surface area contributed by atoms with Crippen LogP contribution in [0.5, 0.6) is 0 Å². The Morgan fingerprint density at radius 3 is 2.65 bits per heavy atom. The van der Waals surface area contributed by atoms with Crippen LogP contribution in [0.1, 0.15) is 41.5 Å². The maximum absolute atomic E-state index is 6.24. The van der Waals surface area contributed by atoms with Gasteiger partial charge in [0.15, 0.2) is 0 Å². The van der Waals surface area contributed by atoms with Gasteiger partial charge in [-0.25, -0.2) is 4.98 Å². The highest BCUT2D eigenvalue weighted by atomic mass is 35.5. The summed E-state index contributed by atoms with van der Waals surface area (Å²) < 4.78 is 1.86. The van der Waals surface area contributed by atoms with E-state index in [4.69, 9.17) is 17.3 Å². The fourth-order valence-corrected chi connectivity index (χ4v) is 2.75. The maximum Gasteiger partial charge on any atom is 0.0897 e. The Morgan fingerprint density at radius 1 is 1.41 bits per heavy atom. The van der Waals surface area contributed by atoms with E-state index >= 15 is 0 Å². The second-order valence-electron chi connectivity index (χ2n) is 4.18. The number of aromatic nitrogens is 3. The van der Waals surface area contributed by atoms with Crippen molar-refractivity contribution < 1.29 is 0 Å². The Balaban J connectivity index is 2.43. The lowest BCUT2D eigenvalue weighted by atomic mass is 10.2. The second-order valence-corrected chi connectivity index (χ2v) is 5.85. The van der Waals surface area contributed by atoms with Gasteiger partial charge in [0.1, 0.15) is 0 Å². The van der Waals surface area contributed by atoms with E-state index < -0.39 is 0 Å². The molecule has 0 radical (unpaired) electrons. The standard InChI is InChI=1S/C11H15ClN4S/c1-6(2)16-11(8(12)4-15-16)10(13)9-5-14-7(3)17-9/h4-6,10H,13H2,1-3H3. The highest BCUT2D eigenvalue weighted by Gasteiger charge is 2.21. The molecule has 1 atom stereocenters. The molecule has 0 saturated carbocycles. The molecule has 92 valence electrons. The number of hydrogen-bond acceptors (Lipinski definition) is 4. The van der Waals surface area contributed by atoms with Crippen LogP contribution in [-0.4, -0.2) is 14.8 Å². The van der Waals surface area contributed by atoms with Crippen molar-refractivity contribution in [3.05, 3.63) is 33.0 Å². The van der Waals surface area contributed by atoms with Crippen molar-refractivity contribution >= 4 is 22.9 Å². The van der Waals surface area contributed by atoms with E-state index in [-0.39, 0.29) is 12.1 Å². The minimum atomic E-state index is -0.265. The van der Waals surface area contributed by atoms with Crippen molar-refractivity contribution in [1.82, 2.24) is 14.8 Å². The first-order chi connectivity index (χ1) is 8.00. The first kappa shape index (κ1) is 12.5. The van der Waals surface area contributed by atoms with Crippen molar-refractivity contribution in [3.8, 4) is 0 Å². The van der Waals surface area contributed by atoms with Crippen LogP contribution >= 0.6 is 22.9 Å². The zero-order valence-electron chi connectivity index (χ0n) is 10.0. The van der Waals surface area contributed by atoms with Gasteiger partial charge in [-0.1, -0.05) is 11.6 Å². The summed E-state index contributed by atoms with van der Waals surface area (Å²) in [4.78, 5) is 5.22. The van der Waals surface area contributed by atoms with Crippen LogP contribution in [0.3, 0.4) is 0 Å². The summed E-state index contributed by atoms with van der Waals surface area (Å²) in [5, 5.41) is 5.87. The minimum absolute atomic E-state index is 0.234. The van der Waals surface area contributed by atoms with Gasteiger partial charge in [0, 0.05) is 17.1 Å². The number of nitrogens with two attached hydrogens (primary N) is 1. The third kappa shape index (κ3) is 2.36. The summed E-state index contributed by atoms with van der Waals surface area (Å²) in [5.41, 5.74) is 7.09. The number of rotatable bonds is 3. The van der Waals surface area contributed by atoms with E-state index in [2.05, 4.69) is 23.9 Å². The summed E-state index contributed by atoms with van der Waals surface area (Å²) in [6, 6.07) is -0.0313. The molecule has 0 spiro atoms. The van der Waals surface area contributed by atoms with Crippen LogP contribution in [0.15, 0.2) is 12.4 Å². The highest BCUT2D eigenvalue weighted by Crippen LogP contribution is 2.30. The van der Waals surface area contributed by atoms with Crippen LogP contribution in [0.2, 0.25) is 5.02 Å². The van der Waals surface area contributed by atoms with Crippen LogP contribution in [-0.2, 0) is 0 Å². The second kappa shape index (κ2) is 4.76. The molecule has 2 rings (SSSR count). The molecular weight excluding hydrogens is 256 g/mol. The van der Waals surface area contributed by atoms with E-state index in [1.54, 1.807) is 23.7 Å². The van der Waals surface area contributed by atoms with E-state index in [9.17, 15) is 0 Å². The number of nitrogens with zero attached hydrogens (tertiary/aromatic N) is 3. The summed E-state index contributed by atoms with van der Waals surface area (Å²) in [6.45, 7) is 6.07. The Morgan fingerprint density at radius 2 is 2.12 bits per heavy atom. The fourth-order valence-electron chi connectivity index (χ4n) is 1.71. The molecular formula is C11H15ClN4S. The molecule has 0 saturated heterocycles. The van der Waals surface area contributed by atoms with Crippen molar-refractivity contribution in [2.24, 2.45) is 5.73 Å². The number of aryl methyl sites for hydroxylation is 1. The molecule has 2 aromatic rings. The van der Waals surface area contributed by atoms with Crippen LogP contribution < -0.4 is 5.73 Å². The molecule has 0 aliphatic rings. The van der Waals surface area contributed by atoms with Gasteiger partial charge in [0.25, 0.3) is 0 Å². The Bertz CT molecular complexity index is 517. The van der Waals surface area contributed by atoms with Crippen LogP contribution in [0.25, 0.3) is 0 Å². The Kier molecular flexibility index (Phi) is 3.51. The first-order valence-corrected chi connectivity index (χ1v) is 6.61. The molecule has 0 aliphatic heterocycles. The lowest BCUT2D eigenvalue weighted by Gasteiger charge is -2.15. The zero-order chi connectivity index (χ0) is 12.6. The summed E-state index contributed by atoms with van der Waals surface area (Å²) >= 11 is 7.75. The first-order valence-electron chi connectivity index (χ1n) is 5.41. The smallest absolute Gasteiger partial charge is 0.0897 e. The molecule has 0 fully saturated rings. The van der Waals surface area contributed by atoms with Gasteiger partial charge in [0.2, 0.25) is 0 Å². The zero-order valence-corrected chi connectivity index (χ0v) is 11.6. The third-order valence-electron chi connectivity index (χ3n) is 2.52. The average Bonchev–Trinajstić information content (AvgIpc) is 2.83. The van der Waals surface area contributed by atoms with Crippen molar-refractivity contribution in [2.75, 3.05) is 0 Å². The largest absolute Gasteiger partial charge is 0.318 e. The normalized spacial score (nSPS) is 13.3. The maximum atomic E-state index is 6.24. The van der Waals surface area contributed by atoms with E-state index in [0.717, 1.165) is 15.6 Å². The lowest BCUT2D eigenvalue weighted by molar-refractivity contribution is 0.500. The summed E-state index contributed by atoms with van der Waals surface area (Å²) in [6.07, 6.45) is 3.45. The van der Waals surface area contributed by atoms with E-state index in [1.807, 2.05) is 11.6 Å². The van der Waals surface area contributed by atoms with Crippen molar-refractivity contribution in [3.63, 3.8) is 0 Å². The Labute approximate surface area is 109 Å². The Hall–Kier alpha value is -0.910. The molecule has 4 nitrogen and oxygen atoms in total. The van der Waals surface area contributed by atoms with E-state index in [0.29, 0.717) is 5.02 Å². The topological polar surface area (TPSA) is 56.7 Å². The minimum Gasteiger partial charge on any atom is -0.318 e. The average molecular weight is 271 g/mol. The van der Waals surface area contributed by atoms with Gasteiger partial charge in [0.05, 0.1) is 28.0 Å². The van der Waals surface area contributed by atoms with Gasteiger partial charge < -0.3 is 5.73 Å². The number of halogens is 1. The summed E-state index contributed by atoms with van der Waals surface area (Å²) in [5.74, 6) is 0. The SMILES string of the molecule is Cc1ncc(C(N)c2c(Cl)cnn2C(C)C)s1. The monoisotopic (exact) mass is 270 g/mol. The lowest BCUT2D eigenvalue weighted by Crippen LogP contribution is -2.18. The molecule has 6 heteroatoms. The molecule has 0 amide bonds. The predicted molar refractivity (Wildman–Crippen MR) is 70.5 cm³/mol. The van der Waals surface area contributed by atoms with Crippen molar-refractivity contribution in [2.45, 2.75) is 32.9 Å².